The highest BCUT2D eigenvalue weighted by Gasteiger charge is 2.11. The van der Waals surface area contributed by atoms with Gasteiger partial charge in [0.15, 0.2) is 0 Å². The summed E-state index contributed by atoms with van der Waals surface area (Å²) in [4.78, 5) is 11.5. The number of hydrogen-bond donors (Lipinski definition) is 2. The molecule has 16 heavy (non-hydrogen) atoms. The highest BCUT2D eigenvalue weighted by atomic mass is 32.2. The van der Waals surface area contributed by atoms with Crippen LogP contribution < -0.4 is 11.1 Å². The molecular weight excluding hydrogens is 224 g/mol. The third-order valence-electron chi connectivity index (χ3n) is 2.17. The number of aromatic nitrogens is 2. The standard InChI is InChI=1S/C10H18N4OS/c1-16-8-3-9(11)10(15)12-5-7-14-6-2-4-13-14/h2,4,6,9H,3,5,7-8,11H2,1H3,(H,12,15)/t9-/m1/s1. The number of nitrogens with zero attached hydrogens (tertiary/aromatic N) is 2. The fourth-order valence-corrected chi connectivity index (χ4v) is 1.72. The number of nitrogens with one attached hydrogen (secondary N) is 1. The SMILES string of the molecule is CSCC[C@@H](N)C(=O)NCCn1cccn1. The summed E-state index contributed by atoms with van der Waals surface area (Å²) in [5, 5.41) is 6.83. The summed E-state index contributed by atoms with van der Waals surface area (Å²) in [6.45, 7) is 1.24. The van der Waals surface area contributed by atoms with E-state index < -0.39 is 6.04 Å². The van der Waals surface area contributed by atoms with Crippen molar-refractivity contribution in [2.24, 2.45) is 5.73 Å². The average Bonchev–Trinajstić information content (AvgIpc) is 2.78. The maximum absolute atomic E-state index is 11.5. The molecule has 6 heteroatoms. The maximum Gasteiger partial charge on any atom is 0.237 e. The fourth-order valence-electron chi connectivity index (χ4n) is 1.23. The zero-order chi connectivity index (χ0) is 11.8. The Kier molecular flexibility index (Phi) is 5.95. The van der Waals surface area contributed by atoms with Crippen molar-refractivity contribution in [1.82, 2.24) is 15.1 Å². The number of hydrogen-bond acceptors (Lipinski definition) is 4. The second kappa shape index (κ2) is 7.29. The molecule has 90 valence electrons. The molecule has 0 spiro atoms. The number of carbonyl (C=O) groups excluding carboxylic acids is 1. The molecule has 0 aliphatic rings. The Labute approximate surface area is 99.8 Å². The first-order valence-electron chi connectivity index (χ1n) is 5.23. The maximum atomic E-state index is 11.5. The molecule has 0 radical (unpaired) electrons. The predicted molar refractivity (Wildman–Crippen MR) is 66.2 cm³/mol. The van der Waals surface area contributed by atoms with E-state index in [1.54, 1.807) is 22.6 Å². The molecule has 0 fully saturated rings. The zero-order valence-electron chi connectivity index (χ0n) is 9.43. The minimum Gasteiger partial charge on any atom is -0.353 e. The monoisotopic (exact) mass is 242 g/mol. The first-order chi connectivity index (χ1) is 7.74. The van der Waals surface area contributed by atoms with Gasteiger partial charge in [-0.25, -0.2) is 0 Å². The third kappa shape index (κ3) is 4.67. The van der Waals surface area contributed by atoms with E-state index in [0.29, 0.717) is 13.1 Å². The van der Waals surface area contributed by atoms with Gasteiger partial charge in [-0.2, -0.15) is 16.9 Å². The van der Waals surface area contributed by atoms with E-state index in [4.69, 9.17) is 5.73 Å². The molecule has 0 unspecified atom stereocenters. The summed E-state index contributed by atoms with van der Waals surface area (Å²) >= 11 is 1.70. The van der Waals surface area contributed by atoms with E-state index in [1.165, 1.54) is 0 Å². The molecule has 1 atom stereocenters. The zero-order valence-corrected chi connectivity index (χ0v) is 10.2. The highest BCUT2D eigenvalue weighted by Crippen LogP contribution is 1.98. The van der Waals surface area contributed by atoms with Crippen LogP contribution in [0.2, 0.25) is 0 Å². The van der Waals surface area contributed by atoms with Crippen molar-refractivity contribution in [2.75, 3.05) is 18.6 Å². The number of thioether (sulfide) groups is 1. The highest BCUT2D eigenvalue weighted by molar-refractivity contribution is 7.98. The van der Waals surface area contributed by atoms with E-state index in [1.807, 2.05) is 18.5 Å². The van der Waals surface area contributed by atoms with Crippen LogP contribution in [0.25, 0.3) is 0 Å². The van der Waals surface area contributed by atoms with E-state index in [2.05, 4.69) is 10.4 Å². The van der Waals surface area contributed by atoms with E-state index in [9.17, 15) is 4.79 Å². The lowest BCUT2D eigenvalue weighted by Gasteiger charge is -2.11. The van der Waals surface area contributed by atoms with Gasteiger partial charge in [0.2, 0.25) is 5.91 Å². The van der Waals surface area contributed by atoms with E-state index >= 15 is 0 Å². The van der Waals surface area contributed by atoms with Crippen LogP contribution in [-0.2, 0) is 11.3 Å². The van der Waals surface area contributed by atoms with Gasteiger partial charge < -0.3 is 11.1 Å². The van der Waals surface area contributed by atoms with Gasteiger partial charge in [0.25, 0.3) is 0 Å². The van der Waals surface area contributed by atoms with Crippen LogP contribution in [0.1, 0.15) is 6.42 Å². The minimum atomic E-state index is -0.398. The molecule has 5 nitrogen and oxygen atoms in total. The second-order valence-electron chi connectivity index (χ2n) is 3.45. The normalized spacial score (nSPS) is 12.4. The molecule has 1 aromatic heterocycles. The summed E-state index contributed by atoms with van der Waals surface area (Å²) in [5.74, 6) is 0.828. The Hall–Kier alpha value is -1.01. The Morgan fingerprint density at radius 2 is 2.50 bits per heavy atom. The van der Waals surface area contributed by atoms with Crippen LogP contribution in [0.4, 0.5) is 0 Å². The van der Waals surface area contributed by atoms with Gasteiger partial charge in [-0.1, -0.05) is 0 Å². The van der Waals surface area contributed by atoms with E-state index in [0.717, 1.165) is 12.2 Å². The average molecular weight is 242 g/mol. The van der Waals surface area contributed by atoms with Crippen molar-refractivity contribution in [1.29, 1.82) is 0 Å². The molecule has 1 amide bonds. The lowest BCUT2D eigenvalue weighted by atomic mass is 10.2. The molecular formula is C10H18N4OS. The summed E-state index contributed by atoms with van der Waals surface area (Å²) in [5.41, 5.74) is 5.71. The fraction of sp³-hybridized carbons (Fsp3) is 0.600. The van der Waals surface area contributed by atoms with Gasteiger partial charge in [-0.15, -0.1) is 0 Å². The molecule has 0 aliphatic heterocycles. The molecule has 0 saturated carbocycles. The first-order valence-corrected chi connectivity index (χ1v) is 6.63. The molecule has 0 saturated heterocycles. The van der Waals surface area contributed by atoms with Gasteiger partial charge in [-0.3, -0.25) is 9.48 Å². The number of rotatable bonds is 7. The largest absolute Gasteiger partial charge is 0.353 e. The van der Waals surface area contributed by atoms with Gasteiger partial charge >= 0.3 is 0 Å². The molecule has 0 bridgehead atoms. The van der Waals surface area contributed by atoms with Gasteiger partial charge in [-0.05, 0) is 24.5 Å². The lowest BCUT2D eigenvalue weighted by molar-refractivity contribution is -0.122. The van der Waals surface area contributed by atoms with Gasteiger partial charge in [0, 0.05) is 18.9 Å². The Morgan fingerprint density at radius 1 is 1.69 bits per heavy atom. The number of nitrogens with two attached hydrogens (primary N) is 1. The molecule has 1 aromatic rings. The van der Waals surface area contributed by atoms with Crippen LogP contribution in [0.3, 0.4) is 0 Å². The number of carbonyl (C=O) groups is 1. The van der Waals surface area contributed by atoms with Gasteiger partial charge in [0.05, 0.1) is 12.6 Å². The van der Waals surface area contributed by atoms with Crippen molar-refractivity contribution in [2.45, 2.75) is 19.0 Å². The summed E-state index contributed by atoms with van der Waals surface area (Å²) in [6.07, 6.45) is 6.29. The Balaban J connectivity index is 2.14. The molecule has 3 N–H and O–H groups in total. The molecule has 0 aliphatic carbocycles. The summed E-state index contributed by atoms with van der Waals surface area (Å²) in [7, 11) is 0. The number of amides is 1. The molecule has 1 heterocycles. The third-order valence-corrected chi connectivity index (χ3v) is 2.81. The first kappa shape index (κ1) is 13.1. The Bertz CT molecular complexity index is 302. The second-order valence-corrected chi connectivity index (χ2v) is 4.43. The van der Waals surface area contributed by atoms with Crippen LogP contribution in [0.15, 0.2) is 18.5 Å². The van der Waals surface area contributed by atoms with Gasteiger partial charge in [0.1, 0.15) is 0 Å². The summed E-state index contributed by atoms with van der Waals surface area (Å²) in [6, 6.07) is 1.46. The van der Waals surface area contributed by atoms with Crippen molar-refractivity contribution in [3.05, 3.63) is 18.5 Å². The van der Waals surface area contributed by atoms with Crippen LogP contribution >= 0.6 is 11.8 Å². The van der Waals surface area contributed by atoms with E-state index in [-0.39, 0.29) is 5.91 Å². The van der Waals surface area contributed by atoms with Crippen molar-refractivity contribution in [3.63, 3.8) is 0 Å². The topological polar surface area (TPSA) is 72.9 Å². The molecule has 1 rings (SSSR count). The van der Waals surface area contributed by atoms with Crippen LogP contribution in [-0.4, -0.2) is 40.3 Å². The smallest absolute Gasteiger partial charge is 0.237 e. The van der Waals surface area contributed by atoms with Crippen LogP contribution in [0, 0.1) is 0 Å². The predicted octanol–water partition coefficient (Wildman–Crippen LogP) is 0.0797. The lowest BCUT2D eigenvalue weighted by Crippen LogP contribution is -2.42. The van der Waals surface area contributed by atoms with Crippen molar-refractivity contribution >= 4 is 17.7 Å². The quantitative estimate of drug-likeness (QED) is 0.710. The van der Waals surface area contributed by atoms with Crippen molar-refractivity contribution in [3.8, 4) is 0 Å². The molecule has 0 aromatic carbocycles. The van der Waals surface area contributed by atoms with Crippen LogP contribution in [0.5, 0.6) is 0 Å². The van der Waals surface area contributed by atoms with Crippen molar-refractivity contribution < 1.29 is 4.79 Å². The summed E-state index contributed by atoms with van der Waals surface area (Å²) < 4.78 is 1.77. The Morgan fingerprint density at radius 3 is 3.12 bits per heavy atom. The minimum absolute atomic E-state index is 0.0822.